The van der Waals surface area contributed by atoms with Crippen LogP contribution in [0.5, 0.6) is 0 Å². The van der Waals surface area contributed by atoms with E-state index in [4.69, 9.17) is 21.3 Å². The van der Waals surface area contributed by atoms with Crippen LogP contribution in [0.4, 0.5) is 5.82 Å². The van der Waals surface area contributed by atoms with Crippen LogP contribution in [-0.4, -0.2) is 59.5 Å². The number of anilines is 1. The number of amides is 1. The molecule has 4 heterocycles. The molecule has 0 saturated carbocycles. The summed E-state index contributed by atoms with van der Waals surface area (Å²) in [5, 5.41) is 5.24. The molecule has 164 valence electrons. The first-order valence-electron chi connectivity index (χ1n) is 10.5. The van der Waals surface area contributed by atoms with E-state index in [1.165, 1.54) is 5.01 Å². The van der Waals surface area contributed by atoms with Gasteiger partial charge in [0.2, 0.25) is 5.91 Å². The van der Waals surface area contributed by atoms with Gasteiger partial charge in [0.05, 0.1) is 29.6 Å². The molecular formula is C22H26ClN5O3. The second-order valence-electron chi connectivity index (χ2n) is 7.98. The molecule has 2 aromatic heterocycles. The Labute approximate surface area is 186 Å². The van der Waals surface area contributed by atoms with Gasteiger partial charge in [-0.3, -0.25) is 19.6 Å². The minimum atomic E-state index is -0.519. The van der Waals surface area contributed by atoms with Gasteiger partial charge in [-0.05, 0) is 37.0 Å². The van der Waals surface area contributed by atoms with Gasteiger partial charge in [0, 0.05) is 44.3 Å². The van der Waals surface area contributed by atoms with Gasteiger partial charge in [0.25, 0.3) is 0 Å². The Morgan fingerprint density at radius 3 is 2.90 bits per heavy atom. The molecule has 2 aliphatic heterocycles. The molecule has 4 rings (SSSR count). The minimum absolute atomic E-state index is 0.0849. The van der Waals surface area contributed by atoms with Gasteiger partial charge in [0.1, 0.15) is 5.82 Å². The summed E-state index contributed by atoms with van der Waals surface area (Å²) < 4.78 is 5.41. The predicted octanol–water partition coefficient (Wildman–Crippen LogP) is 2.48. The van der Waals surface area contributed by atoms with Crippen LogP contribution in [0.2, 0.25) is 5.02 Å². The maximum absolute atomic E-state index is 12.6. The van der Waals surface area contributed by atoms with Gasteiger partial charge >= 0.3 is 0 Å². The first kappa shape index (κ1) is 21.7. The molecular weight excluding hydrogens is 418 g/mol. The number of pyridine rings is 2. The molecule has 0 aromatic carbocycles. The monoisotopic (exact) mass is 443 g/mol. The van der Waals surface area contributed by atoms with E-state index in [0.717, 1.165) is 44.0 Å². The van der Waals surface area contributed by atoms with Crippen molar-refractivity contribution in [1.82, 2.24) is 20.4 Å². The Bertz CT molecular complexity index is 964. The van der Waals surface area contributed by atoms with Crippen LogP contribution in [0.1, 0.15) is 25.0 Å². The molecule has 2 N–H and O–H groups in total. The van der Waals surface area contributed by atoms with Crippen molar-refractivity contribution in [2.75, 3.05) is 32.1 Å². The molecule has 0 radical (unpaired) electrons. The fourth-order valence-corrected chi connectivity index (χ4v) is 4.01. The van der Waals surface area contributed by atoms with Crippen molar-refractivity contribution in [3.63, 3.8) is 0 Å². The van der Waals surface area contributed by atoms with Crippen LogP contribution < -0.4 is 10.7 Å². The maximum atomic E-state index is 12.6. The number of rotatable bonds is 7. The minimum Gasteiger partial charge on any atom is -0.381 e. The lowest BCUT2D eigenvalue weighted by Gasteiger charge is -2.22. The van der Waals surface area contributed by atoms with E-state index in [0.29, 0.717) is 22.3 Å². The van der Waals surface area contributed by atoms with E-state index >= 15 is 0 Å². The lowest BCUT2D eigenvalue weighted by molar-refractivity contribution is -0.128. The predicted molar refractivity (Wildman–Crippen MR) is 118 cm³/mol. The zero-order valence-corrected chi connectivity index (χ0v) is 18.2. The topological polar surface area (TPSA) is 96.5 Å². The van der Waals surface area contributed by atoms with Gasteiger partial charge in [-0.15, -0.1) is 0 Å². The molecule has 2 aliphatic rings. The van der Waals surface area contributed by atoms with Crippen molar-refractivity contribution in [2.45, 2.75) is 31.7 Å². The zero-order chi connectivity index (χ0) is 21.8. The summed E-state index contributed by atoms with van der Waals surface area (Å²) in [5.74, 6) is 1.18. The average Bonchev–Trinajstić information content (AvgIpc) is 3.13. The molecule has 1 unspecified atom stereocenters. The molecule has 2 aromatic rings. The van der Waals surface area contributed by atoms with Crippen molar-refractivity contribution >= 4 is 29.1 Å². The number of hydrogen-bond donors (Lipinski definition) is 2. The summed E-state index contributed by atoms with van der Waals surface area (Å²) in [5.41, 5.74) is 4.91. The maximum Gasteiger partial charge on any atom is 0.238 e. The number of ketones is 1. The van der Waals surface area contributed by atoms with Gasteiger partial charge < -0.3 is 10.1 Å². The smallest absolute Gasteiger partial charge is 0.238 e. The van der Waals surface area contributed by atoms with Gasteiger partial charge in [0.15, 0.2) is 5.78 Å². The standard InChI is InChI=1S/C22H26ClN5O3/c1-28-22(30)11-19(27-28)20(29)10-15-9-16(17(23)13-24-15)18-3-2-4-21(26-18)25-12-14-5-7-31-8-6-14/h2-4,9,13-14,19,27H,5-8,10-12H2,1H3,(H,25,26). The molecule has 0 spiro atoms. The number of ether oxygens (including phenoxy) is 1. The summed E-state index contributed by atoms with van der Waals surface area (Å²) >= 11 is 6.40. The number of hydrazine groups is 1. The van der Waals surface area contributed by atoms with E-state index in [-0.39, 0.29) is 24.5 Å². The second kappa shape index (κ2) is 9.72. The number of Topliss-reactive ketones (excluding diaryl/α,β-unsaturated/α-hetero) is 1. The average molecular weight is 444 g/mol. The number of aromatic nitrogens is 2. The molecule has 9 heteroatoms. The number of hydrogen-bond acceptors (Lipinski definition) is 7. The summed E-state index contributed by atoms with van der Waals surface area (Å²) in [4.78, 5) is 33.3. The lowest BCUT2D eigenvalue weighted by Crippen LogP contribution is -2.38. The third-order valence-electron chi connectivity index (χ3n) is 5.70. The Balaban J connectivity index is 1.45. The van der Waals surface area contributed by atoms with Crippen LogP contribution in [-0.2, 0) is 20.7 Å². The Morgan fingerprint density at radius 2 is 2.16 bits per heavy atom. The highest BCUT2D eigenvalue weighted by molar-refractivity contribution is 6.33. The summed E-state index contributed by atoms with van der Waals surface area (Å²) in [6, 6.07) is 7.03. The third-order valence-corrected chi connectivity index (χ3v) is 6.00. The highest BCUT2D eigenvalue weighted by Crippen LogP contribution is 2.28. The van der Waals surface area contributed by atoms with Gasteiger partial charge in [-0.25, -0.2) is 10.4 Å². The quantitative estimate of drug-likeness (QED) is 0.678. The highest BCUT2D eigenvalue weighted by Gasteiger charge is 2.31. The van der Waals surface area contributed by atoms with E-state index in [2.05, 4.69) is 15.7 Å². The Hall–Kier alpha value is -2.55. The van der Waals surface area contributed by atoms with E-state index in [9.17, 15) is 9.59 Å². The van der Waals surface area contributed by atoms with Gasteiger partial charge in [-0.2, -0.15) is 0 Å². The van der Waals surface area contributed by atoms with Crippen molar-refractivity contribution in [3.8, 4) is 11.3 Å². The molecule has 1 amide bonds. The van der Waals surface area contributed by atoms with E-state index < -0.39 is 6.04 Å². The third kappa shape index (κ3) is 5.39. The molecule has 0 bridgehead atoms. The number of halogens is 1. The van der Waals surface area contributed by atoms with E-state index in [1.807, 2.05) is 18.2 Å². The highest BCUT2D eigenvalue weighted by atomic mass is 35.5. The fraction of sp³-hybridized carbons (Fsp3) is 0.455. The lowest BCUT2D eigenvalue weighted by atomic mass is 10.0. The van der Waals surface area contributed by atoms with Crippen LogP contribution in [0, 0.1) is 5.92 Å². The van der Waals surface area contributed by atoms with Crippen LogP contribution in [0.3, 0.4) is 0 Å². The summed E-state index contributed by atoms with van der Waals surface area (Å²) in [6.07, 6.45) is 3.93. The Morgan fingerprint density at radius 1 is 1.35 bits per heavy atom. The van der Waals surface area contributed by atoms with Crippen molar-refractivity contribution < 1.29 is 14.3 Å². The Kier molecular flexibility index (Phi) is 6.80. The number of carbonyl (C=O) groups is 2. The first-order chi connectivity index (χ1) is 15.0. The normalized spacial score (nSPS) is 19.6. The van der Waals surface area contributed by atoms with Crippen LogP contribution >= 0.6 is 11.6 Å². The zero-order valence-electron chi connectivity index (χ0n) is 17.4. The van der Waals surface area contributed by atoms with Crippen molar-refractivity contribution in [1.29, 1.82) is 0 Å². The van der Waals surface area contributed by atoms with Crippen molar-refractivity contribution in [2.24, 2.45) is 5.92 Å². The fourth-order valence-electron chi connectivity index (χ4n) is 3.81. The SMILES string of the molecule is CN1NC(C(=O)Cc2cc(-c3cccc(NCC4CCOCC4)n3)c(Cl)cn2)CC1=O. The second-order valence-corrected chi connectivity index (χ2v) is 8.39. The number of carbonyl (C=O) groups excluding carboxylic acids is 2. The molecule has 31 heavy (non-hydrogen) atoms. The van der Waals surface area contributed by atoms with Gasteiger partial charge in [-0.1, -0.05) is 17.7 Å². The molecule has 1 atom stereocenters. The molecule has 0 aliphatic carbocycles. The molecule has 2 fully saturated rings. The number of nitrogens with zero attached hydrogens (tertiary/aromatic N) is 3. The van der Waals surface area contributed by atoms with Crippen LogP contribution in [0.15, 0.2) is 30.5 Å². The van der Waals surface area contributed by atoms with Crippen LogP contribution in [0.25, 0.3) is 11.3 Å². The largest absolute Gasteiger partial charge is 0.381 e. The molecule has 2 saturated heterocycles. The summed E-state index contributed by atoms with van der Waals surface area (Å²) in [7, 11) is 1.61. The molecule has 8 nitrogen and oxygen atoms in total. The van der Waals surface area contributed by atoms with Crippen molar-refractivity contribution in [3.05, 3.63) is 41.2 Å². The number of nitrogens with one attached hydrogen (secondary N) is 2. The summed E-state index contributed by atoms with van der Waals surface area (Å²) in [6.45, 7) is 2.48. The van der Waals surface area contributed by atoms with E-state index in [1.54, 1.807) is 19.3 Å². The first-order valence-corrected chi connectivity index (χ1v) is 10.9.